The van der Waals surface area contributed by atoms with Crippen LogP contribution in [0.1, 0.15) is 29.9 Å². The lowest BCUT2D eigenvalue weighted by Crippen LogP contribution is -2.39. The Morgan fingerprint density at radius 3 is 2.45 bits per heavy atom. The van der Waals surface area contributed by atoms with Crippen molar-refractivity contribution in [3.8, 4) is 0 Å². The molecule has 0 aromatic heterocycles. The zero-order chi connectivity index (χ0) is 13.9. The molecule has 0 spiro atoms. The van der Waals surface area contributed by atoms with E-state index in [1.807, 2.05) is 36.4 Å². The van der Waals surface area contributed by atoms with Crippen LogP contribution in [0.3, 0.4) is 0 Å². The van der Waals surface area contributed by atoms with Crippen molar-refractivity contribution in [1.82, 2.24) is 5.32 Å². The Balaban J connectivity index is 1.49. The van der Waals surface area contributed by atoms with Gasteiger partial charge in [-0.05, 0) is 48.1 Å². The first-order valence-corrected chi connectivity index (χ1v) is 7.32. The van der Waals surface area contributed by atoms with E-state index >= 15 is 0 Å². The van der Waals surface area contributed by atoms with Crippen LogP contribution in [-0.4, -0.2) is 6.04 Å². The number of hydrogen-bond acceptors (Lipinski definition) is 1. The fourth-order valence-electron chi connectivity index (χ4n) is 2.71. The van der Waals surface area contributed by atoms with Gasteiger partial charge in [0.15, 0.2) is 0 Å². The molecule has 0 aliphatic heterocycles. The number of rotatable bonds is 4. The van der Waals surface area contributed by atoms with Gasteiger partial charge in [-0.3, -0.25) is 0 Å². The molecule has 1 saturated carbocycles. The van der Waals surface area contributed by atoms with Crippen LogP contribution in [0.5, 0.6) is 0 Å². The van der Waals surface area contributed by atoms with Gasteiger partial charge in [-0.2, -0.15) is 0 Å². The highest BCUT2D eigenvalue weighted by atomic mass is 35.5. The monoisotopic (exact) mass is 289 g/mol. The van der Waals surface area contributed by atoms with E-state index in [4.69, 9.17) is 11.6 Å². The second kappa shape index (κ2) is 5.94. The maximum atomic E-state index is 13.6. The SMILES string of the molecule is Fc1ccccc1C1CC(NCc2ccc(Cl)cc2)C1. The van der Waals surface area contributed by atoms with Crippen molar-refractivity contribution in [3.63, 3.8) is 0 Å². The average molecular weight is 290 g/mol. The van der Waals surface area contributed by atoms with Gasteiger partial charge in [0.05, 0.1) is 0 Å². The maximum Gasteiger partial charge on any atom is 0.126 e. The Labute approximate surface area is 123 Å². The summed E-state index contributed by atoms with van der Waals surface area (Å²) in [6.07, 6.45) is 2.02. The largest absolute Gasteiger partial charge is 0.310 e. The second-order valence-electron chi connectivity index (χ2n) is 5.39. The van der Waals surface area contributed by atoms with Crippen molar-refractivity contribution in [1.29, 1.82) is 0 Å². The molecule has 2 aromatic carbocycles. The molecule has 0 radical (unpaired) electrons. The number of halogens is 2. The van der Waals surface area contributed by atoms with Crippen LogP contribution in [0.25, 0.3) is 0 Å². The fraction of sp³-hybridized carbons (Fsp3) is 0.294. The fourth-order valence-corrected chi connectivity index (χ4v) is 2.84. The Morgan fingerprint density at radius 1 is 1.05 bits per heavy atom. The van der Waals surface area contributed by atoms with Crippen molar-refractivity contribution >= 4 is 11.6 Å². The molecule has 0 atom stereocenters. The third-order valence-corrected chi connectivity index (χ3v) is 4.24. The van der Waals surface area contributed by atoms with E-state index in [2.05, 4.69) is 5.32 Å². The van der Waals surface area contributed by atoms with E-state index in [0.29, 0.717) is 12.0 Å². The molecule has 0 unspecified atom stereocenters. The van der Waals surface area contributed by atoms with E-state index in [1.54, 1.807) is 12.1 Å². The van der Waals surface area contributed by atoms with Gasteiger partial charge < -0.3 is 5.32 Å². The topological polar surface area (TPSA) is 12.0 Å². The van der Waals surface area contributed by atoms with Gasteiger partial charge in [-0.1, -0.05) is 41.9 Å². The molecule has 1 N–H and O–H groups in total. The molecule has 20 heavy (non-hydrogen) atoms. The quantitative estimate of drug-likeness (QED) is 0.873. The summed E-state index contributed by atoms with van der Waals surface area (Å²) in [5, 5.41) is 4.27. The normalized spacial score (nSPS) is 21.5. The van der Waals surface area contributed by atoms with E-state index in [9.17, 15) is 4.39 Å². The molecule has 104 valence electrons. The molecule has 0 amide bonds. The van der Waals surface area contributed by atoms with Gasteiger partial charge >= 0.3 is 0 Å². The highest BCUT2D eigenvalue weighted by molar-refractivity contribution is 6.30. The minimum Gasteiger partial charge on any atom is -0.310 e. The molecule has 0 saturated heterocycles. The van der Waals surface area contributed by atoms with Crippen molar-refractivity contribution in [2.75, 3.05) is 0 Å². The van der Waals surface area contributed by atoms with Crippen LogP contribution in [0.2, 0.25) is 5.02 Å². The number of hydrogen-bond donors (Lipinski definition) is 1. The van der Waals surface area contributed by atoms with Gasteiger partial charge in [0, 0.05) is 17.6 Å². The van der Waals surface area contributed by atoms with Crippen LogP contribution >= 0.6 is 11.6 Å². The lowest BCUT2D eigenvalue weighted by atomic mass is 9.75. The third kappa shape index (κ3) is 3.02. The molecule has 2 aromatic rings. The Bertz CT molecular complexity index is 576. The van der Waals surface area contributed by atoms with Crippen LogP contribution < -0.4 is 5.32 Å². The third-order valence-electron chi connectivity index (χ3n) is 3.99. The minimum atomic E-state index is -0.0753. The summed E-state index contributed by atoms with van der Waals surface area (Å²) < 4.78 is 13.6. The van der Waals surface area contributed by atoms with Gasteiger partial charge in [-0.25, -0.2) is 4.39 Å². The lowest BCUT2D eigenvalue weighted by Gasteiger charge is -2.36. The molecule has 3 rings (SSSR count). The van der Waals surface area contributed by atoms with E-state index in [-0.39, 0.29) is 5.82 Å². The zero-order valence-corrected chi connectivity index (χ0v) is 11.9. The van der Waals surface area contributed by atoms with Crippen LogP contribution in [0.4, 0.5) is 4.39 Å². The van der Waals surface area contributed by atoms with E-state index in [1.165, 1.54) is 5.56 Å². The summed E-state index contributed by atoms with van der Waals surface area (Å²) in [6.45, 7) is 0.839. The average Bonchev–Trinajstić information content (AvgIpc) is 2.41. The first-order valence-electron chi connectivity index (χ1n) is 6.94. The predicted molar refractivity (Wildman–Crippen MR) is 80.5 cm³/mol. The standard InChI is InChI=1S/C17H17ClFN/c18-14-7-5-12(6-8-14)11-20-15-9-13(10-15)16-3-1-2-4-17(16)19/h1-8,13,15,20H,9-11H2. The van der Waals surface area contributed by atoms with Crippen molar-refractivity contribution in [3.05, 3.63) is 70.5 Å². The first kappa shape index (κ1) is 13.6. The summed E-state index contributed by atoms with van der Waals surface area (Å²) >= 11 is 5.86. The summed E-state index contributed by atoms with van der Waals surface area (Å²) in [6, 6.07) is 15.4. The molecule has 1 nitrogen and oxygen atoms in total. The smallest absolute Gasteiger partial charge is 0.126 e. The minimum absolute atomic E-state index is 0.0753. The Hall–Kier alpha value is -1.38. The Morgan fingerprint density at radius 2 is 1.75 bits per heavy atom. The summed E-state index contributed by atoms with van der Waals surface area (Å²) in [4.78, 5) is 0. The van der Waals surface area contributed by atoms with Crippen LogP contribution in [-0.2, 0) is 6.54 Å². The van der Waals surface area contributed by atoms with Crippen molar-refractivity contribution in [2.45, 2.75) is 31.3 Å². The maximum absolute atomic E-state index is 13.6. The molecular weight excluding hydrogens is 273 g/mol. The van der Waals surface area contributed by atoms with Gasteiger partial charge in [0.2, 0.25) is 0 Å². The molecule has 0 bridgehead atoms. The summed E-state index contributed by atoms with van der Waals surface area (Å²) in [5.74, 6) is 0.285. The van der Waals surface area contributed by atoms with E-state index in [0.717, 1.165) is 30.0 Å². The van der Waals surface area contributed by atoms with E-state index < -0.39 is 0 Å². The first-order chi connectivity index (χ1) is 9.72. The lowest BCUT2D eigenvalue weighted by molar-refractivity contribution is 0.284. The highest BCUT2D eigenvalue weighted by Crippen LogP contribution is 2.38. The summed E-state index contributed by atoms with van der Waals surface area (Å²) in [7, 11) is 0. The highest BCUT2D eigenvalue weighted by Gasteiger charge is 2.31. The molecule has 3 heteroatoms. The molecular formula is C17H17ClFN. The van der Waals surface area contributed by atoms with Gasteiger partial charge in [0.1, 0.15) is 5.82 Å². The predicted octanol–water partition coefficient (Wildman–Crippen LogP) is 4.51. The van der Waals surface area contributed by atoms with Gasteiger partial charge in [-0.15, -0.1) is 0 Å². The number of benzene rings is 2. The number of nitrogens with one attached hydrogen (secondary N) is 1. The van der Waals surface area contributed by atoms with Crippen molar-refractivity contribution < 1.29 is 4.39 Å². The van der Waals surface area contributed by atoms with Crippen LogP contribution in [0, 0.1) is 5.82 Å². The second-order valence-corrected chi connectivity index (χ2v) is 5.83. The molecule has 1 aliphatic carbocycles. The molecule has 1 fully saturated rings. The molecule has 1 aliphatic rings. The zero-order valence-electron chi connectivity index (χ0n) is 11.2. The summed E-state index contributed by atoms with van der Waals surface area (Å²) in [5.41, 5.74) is 2.08. The van der Waals surface area contributed by atoms with Crippen molar-refractivity contribution in [2.24, 2.45) is 0 Å². The molecule has 0 heterocycles. The Kier molecular flexibility index (Phi) is 4.04. The van der Waals surface area contributed by atoms with Gasteiger partial charge in [0.25, 0.3) is 0 Å². The van der Waals surface area contributed by atoms with Crippen LogP contribution in [0.15, 0.2) is 48.5 Å².